The van der Waals surface area contributed by atoms with Crippen LogP contribution in [0.2, 0.25) is 0 Å². The van der Waals surface area contributed by atoms with Crippen LogP contribution in [-0.4, -0.2) is 25.3 Å². The molecule has 206 valence electrons. The number of rotatable bonds is 6. The third-order valence-electron chi connectivity index (χ3n) is 7.42. The number of Topliss-reactive ketones (excluding diaryl/α,β-unsaturated/α-hetero) is 1. The first-order valence-electron chi connectivity index (χ1n) is 14.0. The van der Waals surface area contributed by atoms with Crippen molar-refractivity contribution >= 4 is 40.6 Å². The molecule has 42 heavy (non-hydrogen) atoms. The molecule has 6 aromatic rings. The Balaban J connectivity index is 1.29. The molecular weight excluding hydrogens is 557 g/mol. The molecule has 7 rings (SSSR count). The van der Waals surface area contributed by atoms with E-state index in [0.717, 1.165) is 67.6 Å². The minimum Gasteiger partial charge on any atom is -0.289 e. The van der Waals surface area contributed by atoms with Crippen LogP contribution in [0.1, 0.15) is 30.9 Å². The number of hydrogen-bond acceptors (Lipinski definition) is 5. The van der Waals surface area contributed by atoms with Crippen molar-refractivity contribution in [1.29, 1.82) is 0 Å². The molecule has 0 bridgehead atoms. The molecule has 0 amide bonds. The molecule has 1 saturated carbocycles. The Bertz CT molecular complexity index is 1760. The van der Waals surface area contributed by atoms with Crippen LogP contribution in [0.3, 0.4) is 0 Å². The van der Waals surface area contributed by atoms with Crippen molar-refractivity contribution in [2.24, 2.45) is 5.92 Å². The summed E-state index contributed by atoms with van der Waals surface area (Å²) in [7, 11) is 0. The molecule has 7 heteroatoms. The standard InChI is InChI=1S/C35H28N4OS2/c1-24-18-25(20-27-22-38(29-10-4-2-5-11-29)36-33(27)31-14-8-16-41-31)35(40)26(19-24)21-28-23-39(30-12-6-3-7-13-30)37-34(28)32-15-9-17-42-32/h2-17,20-24H,18-19H2,1H3/b25-20-,26-21-. The second-order valence-electron chi connectivity index (χ2n) is 10.6. The van der Waals surface area contributed by atoms with Crippen LogP contribution >= 0.6 is 22.7 Å². The first-order chi connectivity index (χ1) is 20.6. The molecule has 2 aromatic carbocycles. The van der Waals surface area contributed by atoms with Crippen LogP contribution in [0.25, 0.3) is 44.7 Å². The molecule has 0 spiro atoms. The zero-order valence-electron chi connectivity index (χ0n) is 23.1. The highest BCUT2D eigenvalue weighted by Crippen LogP contribution is 2.36. The Morgan fingerprint density at radius 3 is 1.52 bits per heavy atom. The minimum atomic E-state index is 0.0993. The number of benzene rings is 2. The lowest BCUT2D eigenvalue weighted by molar-refractivity contribution is -0.113. The van der Waals surface area contributed by atoms with Crippen molar-refractivity contribution < 1.29 is 4.79 Å². The van der Waals surface area contributed by atoms with Gasteiger partial charge in [-0.2, -0.15) is 10.2 Å². The summed E-state index contributed by atoms with van der Waals surface area (Å²) in [5.41, 5.74) is 7.30. The molecule has 4 aromatic heterocycles. The number of allylic oxidation sites excluding steroid dienone is 2. The predicted octanol–water partition coefficient (Wildman–Crippen LogP) is 8.98. The average molecular weight is 585 g/mol. The van der Waals surface area contributed by atoms with E-state index in [4.69, 9.17) is 10.2 Å². The van der Waals surface area contributed by atoms with E-state index < -0.39 is 0 Å². The molecule has 5 nitrogen and oxygen atoms in total. The van der Waals surface area contributed by atoms with E-state index in [9.17, 15) is 4.79 Å². The van der Waals surface area contributed by atoms with Gasteiger partial charge in [0, 0.05) is 34.7 Å². The maximum Gasteiger partial charge on any atom is 0.185 e. The van der Waals surface area contributed by atoms with Crippen LogP contribution in [0.5, 0.6) is 0 Å². The molecule has 0 radical (unpaired) electrons. The van der Waals surface area contributed by atoms with Crippen LogP contribution < -0.4 is 0 Å². The van der Waals surface area contributed by atoms with Gasteiger partial charge in [0.15, 0.2) is 5.78 Å². The number of carbonyl (C=O) groups is 1. The molecule has 1 fully saturated rings. The number of aromatic nitrogens is 4. The number of thiophene rings is 2. The molecule has 0 aliphatic heterocycles. The van der Waals surface area contributed by atoms with Gasteiger partial charge in [-0.15, -0.1) is 22.7 Å². The molecule has 1 aliphatic carbocycles. The van der Waals surface area contributed by atoms with Crippen molar-refractivity contribution in [2.75, 3.05) is 0 Å². The van der Waals surface area contributed by atoms with Gasteiger partial charge < -0.3 is 0 Å². The van der Waals surface area contributed by atoms with Gasteiger partial charge in [0.2, 0.25) is 0 Å². The van der Waals surface area contributed by atoms with Gasteiger partial charge in [-0.1, -0.05) is 55.5 Å². The maximum atomic E-state index is 14.0. The summed E-state index contributed by atoms with van der Waals surface area (Å²) in [5, 5.41) is 14.0. The second-order valence-corrected chi connectivity index (χ2v) is 12.5. The second kappa shape index (κ2) is 11.4. The Hall–Kier alpha value is -4.59. The van der Waals surface area contributed by atoms with E-state index in [2.05, 4.69) is 42.0 Å². The predicted molar refractivity (Wildman–Crippen MR) is 173 cm³/mol. The van der Waals surface area contributed by atoms with Crippen molar-refractivity contribution in [3.63, 3.8) is 0 Å². The first-order valence-corrected chi connectivity index (χ1v) is 15.7. The molecule has 0 N–H and O–H groups in total. The lowest BCUT2D eigenvalue weighted by Crippen LogP contribution is -2.18. The molecule has 4 heterocycles. The van der Waals surface area contributed by atoms with Crippen LogP contribution in [0, 0.1) is 5.92 Å². The fourth-order valence-electron chi connectivity index (χ4n) is 5.46. The summed E-state index contributed by atoms with van der Waals surface area (Å²) < 4.78 is 3.81. The molecule has 0 unspecified atom stereocenters. The van der Waals surface area contributed by atoms with Gasteiger partial charge >= 0.3 is 0 Å². The van der Waals surface area contributed by atoms with Gasteiger partial charge in [0.1, 0.15) is 11.4 Å². The van der Waals surface area contributed by atoms with E-state index in [1.165, 1.54) is 0 Å². The fraction of sp³-hybridized carbons (Fsp3) is 0.114. The number of hydrogen-bond donors (Lipinski definition) is 0. The highest BCUT2D eigenvalue weighted by atomic mass is 32.1. The first kappa shape index (κ1) is 26.3. The van der Waals surface area contributed by atoms with Gasteiger partial charge in [0.05, 0.1) is 21.1 Å². The SMILES string of the molecule is CC1C/C(=C/c2cn(-c3ccccc3)nc2-c2cccs2)C(=O)/C(=C\c2cn(-c3ccccc3)nc2-c2cccs2)C1. The number of carbonyl (C=O) groups excluding carboxylic acids is 1. The van der Waals surface area contributed by atoms with E-state index >= 15 is 0 Å². The molecule has 1 aliphatic rings. The monoisotopic (exact) mass is 584 g/mol. The Labute approximate surface area is 252 Å². The smallest absolute Gasteiger partial charge is 0.185 e. The lowest BCUT2D eigenvalue weighted by Gasteiger charge is -2.22. The largest absolute Gasteiger partial charge is 0.289 e. The van der Waals surface area contributed by atoms with Crippen molar-refractivity contribution in [1.82, 2.24) is 19.6 Å². The van der Waals surface area contributed by atoms with Gasteiger partial charge in [-0.3, -0.25) is 4.79 Å². The van der Waals surface area contributed by atoms with E-state index in [-0.39, 0.29) is 5.78 Å². The summed E-state index contributed by atoms with van der Waals surface area (Å²) in [6.45, 7) is 2.22. The number of para-hydroxylation sites is 2. The number of nitrogens with zero attached hydrogens (tertiary/aromatic N) is 4. The van der Waals surface area contributed by atoms with E-state index in [1.54, 1.807) is 22.7 Å². The minimum absolute atomic E-state index is 0.0993. The number of ketones is 1. The lowest BCUT2D eigenvalue weighted by atomic mass is 9.81. The summed E-state index contributed by atoms with van der Waals surface area (Å²) in [6.07, 6.45) is 9.65. The highest BCUT2D eigenvalue weighted by Gasteiger charge is 2.27. The van der Waals surface area contributed by atoms with Gasteiger partial charge in [0.25, 0.3) is 0 Å². The summed E-state index contributed by atoms with van der Waals surface area (Å²) in [4.78, 5) is 16.2. The zero-order chi connectivity index (χ0) is 28.5. The Morgan fingerprint density at radius 1 is 0.667 bits per heavy atom. The Kier molecular flexibility index (Phi) is 7.11. The van der Waals surface area contributed by atoms with Crippen LogP contribution in [0.4, 0.5) is 0 Å². The third kappa shape index (κ3) is 5.24. The normalized spacial score (nSPS) is 17.4. The summed E-state index contributed by atoms with van der Waals surface area (Å²) in [5.74, 6) is 0.436. The van der Waals surface area contributed by atoms with Crippen molar-refractivity contribution in [3.05, 3.63) is 130 Å². The molecular formula is C35H28N4OS2. The van der Waals surface area contributed by atoms with Gasteiger partial charge in [-0.25, -0.2) is 9.36 Å². The van der Waals surface area contributed by atoms with Crippen LogP contribution in [-0.2, 0) is 4.79 Å². The summed E-state index contributed by atoms with van der Waals surface area (Å²) >= 11 is 3.31. The average Bonchev–Trinajstić information content (AvgIpc) is 3.83. The van der Waals surface area contributed by atoms with E-state index in [1.807, 2.05) is 94.6 Å². The fourth-order valence-corrected chi connectivity index (χ4v) is 6.92. The molecule has 0 atom stereocenters. The third-order valence-corrected chi connectivity index (χ3v) is 9.17. The quantitative estimate of drug-likeness (QED) is 0.184. The maximum absolute atomic E-state index is 14.0. The van der Waals surface area contributed by atoms with Crippen LogP contribution in [0.15, 0.2) is 119 Å². The zero-order valence-corrected chi connectivity index (χ0v) is 24.7. The summed E-state index contributed by atoms with van der Waals surface area (Å²) in [6, 6.07) is 28.4. The molecule has 0 saturated heterocycles. The van der Waals surface area contributed by atoms with Crippen molar-refractivity contribution in [2.45, 2.75) is 19.8 Å². The van der Waals surface area contributed by atoms with Gasteiger partial charge in [-0.05, 0) is 78.1 Å². The Morgan fingerprint density at radius 2 is 1.12 bits per heavy atom. The highest BCUT2D eigenvalue weighted by molar-refractivity contribution is 7.13. The van der Waals surface area contributed by atoms with Crippen molar-refractivity contribution in [3.8, 4) is 32.5 Å². The topological polar surface area (TPSA) is 52.7 Å². The van der Waals surface area contributed by atoms with E-state index in [0.29, 0.717) is 5.92 Å².